The lowest BCUT2D eigenvalue weighted by atomic mass is 10.1. The molecular weight excluding hydrogens is 232 g/mol. The molecule has 0 aromatic heterocycles. The van der Waals surface area contributed by atoms with Gasteiger partial charge in [-0.15, -0.1) is 0 Å². The van der Waals surface area contributed by atoms with Gasteiger partial charge in [0.15, 0.2) is 0 Å². The molecule has 0 N–H and O–H groups in total. The lowest BCUT2D eigenvalue weighted by molar-refractivity contribution is 0.0596. The maximum absolute atomic E-state index is 11.6. The summed E-state index contributed by atoms with van der Waals surface area (Å²) in [6.45, 7) is 2.66. The smallest absolute Gasteiger partial charge is 0.341 e. The van der Waals surface area contributed by atoms with Crippen LogP contribution in [0.4, 0.5) is 0 Å². The molecule has 1 aromatic carbocycles. The van der Waals surface area contributed by atoms with E-state index in [0.29, 0.717) is 29.8 Å². The largest absolute Gasteiger partial charge is 0.493 e. The molecule has 0 bridgehead atoms. The number of hydrogen-bond donors (Lipinski definition) is 0. The van der Waals surface area contributed by atoms with Crippen molar-refractivity contribution in [1.29, 1.82) is 0 Å². The van der Waals surface area contributed by atoms with Gasteiger partial charge in [0.2, 0.25) is 0 Å². The lowest BCUT2D eigenvalue weighted by Crippen LogP contribution is -2.07. The molecule has 0 aliphatic heterocycles. The van der Waals surface area contributed by atoms with Crippen LogP contribution in [-0.4, -0.2) is 26.0 Å². The van der Waals surface area contributed by atoms with E-state index in [1.807, 2.05) is 0 Å². The third kappa shape index (κ3) is 3.87. The quantitative estimate of drug-likeness (QED) is 0.424. The number of hydrogen-bond acceptors (Lipinski definition) is 4. The Morgan fingerprint density at radius 2 is 2.11 bits per heavy atom. The summed E-state index contributed by atoms with van der Waals surface area (Å²) in [5, 5.41) is 0. The number of unbranched alkanes of at least 4 members (excludes halogenated alkanes) is 2. The number of carbonyl (C=O) groups is 2. The zero-order chi connectivity index (χ0) is 13.4. The van der Waals surface area contributed by atoms with E-state index < -0.39 is 5.97 Å². The van der Waals surface area contributed by atoms with Gasteiger partial charge < -0.3 is 9.47 Å². The van der Waals surface area contributed by atoms with Gasteiger partial charge in [-0.05, 0) is 24.6 Å². The highest BCUT2D eigenvalue weighted by molar-refractivity contribution is 5.94. The van der Waals surface area contributed by atoms with Crippen molar-refractivity contribution in [3.8, 4) is 5.75 Å². The van der Waals surface area contributed by atoms with Crippen LogP contribution < -0.4 is 4.74 Å². The average molecular weight is 250 g/mol. The van der Waals surface area contributed by atoms with Crippen LogP contribution in [0.2, 0.25) is 0 Å². The molecule has 0 heterocycles. The van der Waals surface area contributed by atoms with E-state index in [1.165, 1.54) is 13.2 Å². The lowest BCUT2D eigenvalue weighted by Gasteiger charge is -2.10. The summed E-state index contributed by atoms with van der Waals surface area (Å²) in [5.74, 6) is -0.0345. The molecule has 0 unspecified atom stereocenters. The Labute approximate surface area is 107 Å². The van der Waals surface area contributed by atoms with E-state index in [0.717, 1.165) is 19.3 Å². The van der Waals surface area contributed by atoms with Crippen LogP contribution in [-0.2, 0) is 4.74 Å². The minimum Gasteiger partial charge on any atom is -0.493 e. The maximum atomic E-state index is 11.6. The van der Waals surface area contributed by atoms with Crippen molar-refractivity contribution in [2.75, 3.05) is 13.7 Å². The van der Waals surface area contributed by atoms with Crippen LogP contribution in [0.15, 0.2) is 18.2 Å². The van der Waals surface area contributed by atoms with Crippen molar-refractivity contribution >= 4 is 12.3 Å². The summed E-state index contributed by atoms with van der Waals surface area (Å²) >= 11 is 0. The predicted octanol–water partition coefficient (Wildman–Crippen LogP) is 2.85. The minimum atomic E-state index is -0.496. The van der Waals surface area contributed by atoms with Crippen molar-refractivity contribution < 1.29 is 19.1 Å². The van der Waals surface area contributed by atoms with Gasteiger partial charge in [0, 0.05) is 5.56 Å². The molecule has 0 atom stereocenters. The topological polar surface area (TPSA) is 52.6 Å². The molecule has 4 heteroatoms. The molecule has 0 radical (unpaired) electrons. The van der Waals surface area contributed by atoms with E-state index >= 15 is 0 Å². The summed E-state index contributed by atoms with van der Waals surface area (Å²) < 4.78 is 10.2. The minimum absolute atomic E-state index is 0.290. The Bertz CT molecular complexity index is 412. The number of methoxy groups -OCH3 is 1. The fourth-order valence-electron chi connectivity index (χ4n) is 1.55. The first kappa shape index (κ1) is 14.2. The number of carbonyl (C=O) groups excluding carboxylic acids is 2. The van der Waals surface area contributed by atoms with Gasteiger partial charge in [0.05, 0.1) is 13.7 Å². The van der Waals surface area contributed by atoms with Gasteiger partial charge in [-0.1, -0.05) is 19.8 Å². The van der Waals surface area contributed by atoms with Gasteiger partial charge >= 0.3 is 5.97 Å². The van der Waals surface area contributed by atoms with Crippen molar-refractivity contribution in [1.82, 2.24) is 0 Å². The first-order valence-electron chi connectivity index (χ1n) is 6.03. The van der Waals surface area contributed by atoms with Crippen molar-refractivity contribution in [3.05, 3.63) is 29.3 Å². The molecule has 0 amide bonds. The molecule has 0 aliphatic carbocycles. The van der Waals surface area contributed by atoms with Crippen LogP contribution in [0.5, 0.6) is 5.75 Å². The zero-order valence-electron chi connectivity index (χ0n) is 10.8. The highest BCUT2D eigenvalue weighted by Crippen LogP contribution is 2.21. The van der Waals surface area contributed by atoms with Gasteiger partial charge in [-0.2, -0.15) is 0 Å². The van der Waals surface area contributed by atoms with Crippen LogP contribution in [0, 0.1) is 0 Å². The summed E-state index contributed by atoms with van der Waals surface area (Å²) in [6, 6.07) is 4.73. The first-order valence-corrected chi connectivity index (χ1v) is 6.03. The van der Waals surface area contributed by atoms with E-state index in [1.54, 1.807) is 12.1 Å². The number of aldehydes is 1. The van der Waals surface area contributed by atoms with Gasteiger partial charge in [-0.3, -0.25) is 4.79 Å². The van der Waals surface area contributed by atoms with Crippen LogP contribution in [0.25, 0.3) is 0 Å². The first-order chi connectivity index (χ1) is 8.72. The van der Waals surface area contributed by atoms with Crippen LogP contribution >= 0.6 is 0 Å². The summed E-state index contributed by atoms with van der Waals surface area (Å²) in [4.78, 5) is 22.3. The standard InChI is InChI=1S/C14H18O4/c1-3-4-5-8-18-13-7-6-11(10-15)9-12(13)14(16)17-2/h6-7,9-10H,3-5,8H2,1-2H3. The van der Waals surface area contributed by atoms with E-state index in [9.17, 15) is 9.59 Å². The fraction of sp³-hybridized carbons (Fsp3) is 0.429. The third-order valence-corrected chi connectivity index (χ3v) is 2.55. The molecule has 1 aromatic rings. The fourth-order valence-corrected chi connectivity index (χ4v) is 1.55. The Morgan fingerprint density at radius 1 is 1.33 bits per heavy atom. The Balaban J connectivity index is 2.81. The second kappa shape index (κ2) is 7.48. The number of esters is 1. The highest BCUT2D eigenvalue weighted by Gasteiger charge is 2.13. The Kier molecular flexibility index (Phi) is 5.91. The average Bonchev–Trinajstić information content (AvgIpc) is 2.42. The number of benzene rings is 1. The molecule has 4 nitrogen and oxygen atoms in total. The molecule has 0 saturated carbocycles. The monoisotopic (exact) mass is 250 g/mol. The SMILES string of the molecule is CCCCCOc1ccc(C=O)cc1C(=O)OC. The normalized spacial score (nSPS) is 9.89. The van der Waals surface area contributed by atoms with Gasteiger partial charge in [0.25, 0.3) is 0 Å². The molecule has 98 valence electrons. The molecule has 0 aliphatic rings. The van der Waals surface area contributed by atoms with E-state index in [2.05, 4.69) is 11.7 Å². The Hall–Kier alpha value is -1.84. The second-order valence-corrected chi connectivity index (χ2v) is 3.92. The van der Waals surface area contributed by atoms with Gasteiger partial charge in [0.1, 0.15) is 17.6 Å². The molecule has 0 fully saturated rings. The van der Waals surface area contributed by atoms with E-state index in [4.69, 9.17) is 4.74 Å². The Morgan fingerprint density at radius 3 is 2.72 bits per heavy atom. The summed E-state index contributed by atoms with van der Waals surface area (Å²) in [5.41, 5.74) is 0.718. The van der Waals surface area contributed by atoms with Crippen LogP contribution in [0.1, 0.15) is 46.9 Å². The molecular formula is C14H18O4. The van der Waals surface area contributed by atoms with Crippen LogP contribution in [0.3, 0.4) is 0 Å². The van der Waals surface area contributed by atoms with E-state index in [-0.39, 0.29) is 0 Å². The summed E-state index contributed by atoms with van der Waals surface area (Å²) in [7, 11) is 1.30. The second-order valence-electron chi connectivity index (χ2n) is 3.92. The van der Waals surface area contributed by atoms with Gasteiger partial charge in [-0.25, -0.2) is 4.79 Å². The highest BCUT2D eigenvalue weighted by atomic mass is 16.5. The number of ether oxygens (including phenoxy) is 2. The third-order valence-electron chi connectivity index (χ3n) is 2.55. The van der Waals surface area contributed by atoms with Crippen molar-refractivity contribution in [2.45, 2.75) is 26.2 Å². The van der Waals surface area contributed by atoms with Crippen molar-refractivity contribution in [3.63, 3.8) is 0 Å². The maximum Gasteiger partial charge on any atom is 0.341 e. The predicted molar refractivity (Wildman–Crippen MR) is 68.2 cm³/mol. The number of rotatable bonds is 7. The molecule has 0 spiro atoms. The zero-order valence-corrected chi connectivity index (χ0v) is 10.8. The molecule has 0 saturated heterocycles. The van der Waals surface area contributed by atoms with Crippen molar-refractivity contribution in [2.24, 2.45) is 0 Å². The summed E-state index contributed by atoms with van der Waals surface area (Å²) in [6.07, 6.45) is 3.82. The molecule has 1 rings (SSSR count). The molecule has 18 heavy (non-hydrogen) atoms.